The van der Waals surface area contributed by atoms with Crippen LogP contribution in [-0.4, -0.2) is 14.8 Å². The fourth-order valence-corrected chi connectivity index (χ4v) is 2.27. The molecule has 0 spiro atoms. The van der Waals surface area contributed by atoms with Crippen LogP contribution >= 0.6 is 28.1 Å². The van der Waals surface area contributed by atoms with Crippen LogP contribution in [0.15, 0.2) is 22.7 Å². The molecular formula is C12H11BrFN3OS. The summed E-state index contributed by atoms with van der Waals surface area (Å²) in [7, 11) is 1.68. The quantitative estimate of drug-likeness (QED) is 0.870. The number of benzene rings is 1. The van der Waals surface area contributed by atoms with Gasteiger partial charge in [-0.2, -0.15) is 5.10 Å². The van der Waals surface area contributed by atoms with E-state index in [4.69, 9.17) is 22.7 Å². The Balaban J connectivity index is 2.49. The van der Waals surface area contributed by atoms with E-state index >= 15 is 0 Å². The molecule has 100 valence electrons. The Morgan fingerprint density at radius 3 is 2.84 bits per heavy atom. The lowest BCUT2D eigenvalue weighted by molar-refractivity contribution is 0.402. The van der Waals surface area contributed by atoms with Gasteiger partial charge in [-0.1, -0.05) is 28.1 Å². The highest BCUT2D eigenvalue weighted by atomic mass is 79.9. The van der Waals surface area contributed by atoms with Crippen molar-refractivity contribution in [3.05, 3.63) is 39.7 Å². The van der Waals surface area contributed by atoms with E-state index in [1.54, 1.807) is 20.0 Å². The van der Waals surface area contributed by atoms with E-state index in [9.17, 15) is 4.39 Å². The number of nitrogens with two attached hydrogens (primary N) is 1. The van der Waals surface area contributed by atoms with Crippen LogP contribution in [0.25, 0.3) is 0 Å². The molecule has 0 saturated heterocycles. The first-order chi connectivity index (χ1) is 8.90. The minimum absolute atomic E-state index is 0.0786. The van der Waals surface area contributed by atoms with Gasteiger partial charge >= 0.3 is 0 Å². The molecule has 0 aliphatic heterocycles. The molecule has 2 aromatic rings. The molecule has 0 aliphatic carbocycles. The van der Waals surface area contributed by atoms with E-state index in [1.165, 1.54) is 16.8 Å². The number of rotatable bonds is 3. The first kappa shape index (κ1) is 14.0. The van der Waals surface area contributed by atoms with Gasteiger partial charge in [0.25, 0.3) is 0 Å². The van der Waals surface area contributed by atoms with Gasteiger partial charge in [0.05, 0.1) is 11.3 Å². The van der Waals surface area contributed by atoms with Gasteiger partial charge in [-0.3, -0.25) is 0 Å². The van der Waals surface area contributed by atoms with E-state index in [-0.39, 0.29) is 10.7 Å². The molecule has 1 heterocycles. The summed E-state index contributed by atoms with van der Waals surface area (Å²) in [5.74, 6) is -0.0761. The molecule has 1 aromatic heterocycles. The van der Waals surface area contributed by atoms with E-state index in [1.807, 2.05) is 0 Å². The van der Waals surface area contributed by atoms with Crippen molar-refractivity contribution in [1.82, 2.24) is 9.78 Å². The van der Waals surface area contributed by atoms with Crippen LogP contribution in [0.4, 0.5) is 4.39 Å². The van der Waals surface area contributed by atoms with Crippen LogP contribution in [0.3, 0.4) is 0 Å². The summed E-state index contributed by atoms with van der Waals surface area (Å²) >= 11 is 8.23. The highest BCUT2D eigenvalue weighted by molar-refractivity contribution is 9.10. The topological polar surface area (TPSA) is 53.1 Å². The summed E-state index contributed by atoms with van der Waals surface area (Å²) in [6, 6.07) is 4.43. The first-order valence-corrected chi connectivity index (χ1v) is 6.56. The second kappa shape index (κ2) is 5.26. The fourth-order valence-electron chi connectivity index (χ4n) is 1.70. The van der Waals surface area contributed by atoms with Crippen LogP contribution in [0.5, 0.6) is 11.6 Å². The highest BCUT2D eigenvalue weighted by Gasteiger charge is 2.19. The van der Waals surface area contributed by atoms with Gasteiger partial charge in [0.1, 0.15) is 4.99 Å². The van der Waals surface area contributed by atoms with Crippen molar-refractivity contribution < 1.29 is 9.13 Å². The molecule has 0 radical (unpaired) electrons. The summed E-state index contributed by atoms with van der Waals surface area (Å²) in [5, 5.41) is 4.17. The van der Waals surface area contributed by atoms with Crippen molar-refractivity contribution in [3.63, 3.8) is 0 Å². The van der Waals surface area contributed by atoms with Gasteiger partial charge in [0, 0.05) is 11.5 Å². The van der Waals surface area contributed by atoms with Gasteiger partial charge < -0.3 is 10.5 Å². The van der Waals surface area contributed by atoms with Crippen LogP contribution in [-0.2, 0) is 7.05 Å². The van der Waals surface area contributed by atoms with E-state index < -0.39 is 5.82 Å². The number of nitrogens with zero attached hydrogens (tertiary/aromatic N) is 2. The summed E-state index contributed by atoms with van der Waals surface area (Å²) in [5.41, 5.74) is 6.80. The second-order valence-electron chi connectivity index (χ2n) is 3.93. The fraction of sp³-hybridized carbons (Fsp3) is 0.167. The lowest BCUT2D eigenvalue weighted by Gasteiger charge is -2.09. The average molecular weight is 344 g/mol. The standard InChI is InChI=1S/C12H11BrFN3OS/c1-6-10(11(15)19)12(17(2)16-6)18-9-5-7(13)3-4-8(9)14/h3-5H,1-2H3,(H2,15,19). The van der Waals surface area contributed by atoms with Gasteiger partial charge in [-0.05, 0) is 25.1 Å². The Kier molecular flexibility index (Phi) is 3.86. The Morgan fingerprint density at radius 2 is 2.21 bits per heavy atom. The van der Waals surface area contributed by atoms with Crippen LogP contribution in [0.1, 0.15) is 11.3 Å². The van der Waals surface area contributed by atoms with Crippen LogP contribution < -0.4 is 10.5 Å². The molecule has 1 aromatic carbocycles. The van der Waals surface area contributed by atoms with Crippen molar-refractivity contribution in [2.45, 2.75) is 6.92 Å². The van der Waals surface area contributed by atoms with Crippen molar-refractivity contribution in [2.24, 2.45) is 12.8 Å². The molecule has 0 saturated carbocycles. The average Bonchev–Trinajstić information content (AvgIpc) is 2.59. The van der Waals surface area contributed by atoms with Crippen molar-refractivity contribution in [1.29, 1.82) is 0 Å². The van der Waals surface area contributed by atoms with Crippen LogP contribution in [0, 0.1) is 12.7 Å². The zero-order valence-corrected chi connectivity index (χ0v) is 12.7. The summed E-state index contributed by atoms with van der Waals surface area (Å²) in [6.45, 7) is 1.76. The normalized spacial score (nSPS) is 10.5. The molecule has 0 aliphatic rings. The van der Waals surface area contributed by atoms with E-state index in [0.717, 1.165) is 0 Å². The molecule has 0 fully saturated rings. The Morgan fingerprint density at radius 1 is 1.53 bits per heavy atom. The number of thiocarbonyl (C=S) groups is 1. The Labute approximate surface area is 123 Å². The van der Waals surface area contributed by atoms with Crippen LogP contribution in [0.2, 0.25) is 0 Å². The largest absolute Gasteiger partial charge is 0.435 e. The molecular weight excluding hydrogens is 333 g/mol. The zero-order valence-electron chi connectivity index (χ0n) is 10.3. The molecule has 0 unspecified atom stereocenters. The predicted molar refractivity (Wildman–Crippen MR) is 78.0 cm³/mol. The minimum atomic E-state index is -0.476. The van der Waals surface area contributed by atoms with Gasteiger partial charge in [0.2, 0.25) is 5.88 Å². The summed E-state index contributed by atoms with van der Waals surface area (Å²) in [6.07, 6.45) is 0. The zero-order chi connectivity index (χ0) is 14.2. The van der Waals surface area contributed by atoms with Gasteiger partial charge in [0.15, 0.2) is 11.6 Å². The minimum Gasteiger partial charge on any atom is -0.435 e. The molecule has 19 heavy (non-hydrogen) atoms. The van der Waals surface area contributed by atoms with E-state index in [0.29, 0.717) is 21.6 Å². The number of aryl methyl sites for hydroxylation is 2. The number of ether oxygens (including phenoxy) is 1. The Bertz CT molecular complexity index is 657. The lowest BCUT2D eigenvalue weighted by Crippen LogP contribution is -2.11. The molecule has 0 bridgehead atoms. The molecule has 2 N–H and O–H groups in total. The molecule has 0 amide bonds. The number of aromatic nitrogens is 2. The monoisotopic (exact) mass is 343 g/mol. The third-order valence-electron chi connectivity index (χ3n) is 2.52. The lowest BCUT2D eigenvalue weighted by atomic mass is 10.2. The molecule has 0 atom stereocenters. The SMILES string of the molecule is Cc1nn(C)c(Oc2cc(Br)ccc2F)c1C(N)=S. The molecule has 4 nitrogen and oxygen atoms in total. The highest BCUT2D eigenvalue weighted by Crippen LogP contribution is 2.30. The summed E-state index contributed by atoms with van der Waals surface area (Å²) in [4.78, 5) is 0.163. The van der Waals surface area contributed by atoms with Crippen molar-refractivity contribution >= 4 is 33.1 Å². The Hall–Kier alpha value is -1.47. The third kappa shape index (κ3) is 2.76. The smallest absolute Gasteiger partial charge is 0.228 e. The number of hydrogen-bond donors (Lipinski definition) is 1. The maximum absolute atomic E-state index is 13.7. The molecule has 2 rings (SSSR count). The van der Waals surface area contributed by atoms with Crippen molar-refractivity contribution in [3.8, 4) is 11.6 Å². The predicted octanol–water partition coefficient (Wildman–Crippen LogP) is 3.06. The van der Waals surface area contributed by atoms with Gasteiger partial charge in [-0.25, -0.2) is 9.07 Å². The second-order valence-corrected chi connectivity index (χ2v) is 5.29. The number of hydrogen-bond acceptors (Lipinski definition) is 3. The summed E-state index contributed by atoms with van der Waals surface area (Å²) < 4.78 is 21.4. The van der Waals surface area contributed by atoms with Crippen molar-refractivity contribution in [2.75, 3.05) is 0 Å². The van der Waals surface area contributed by atoms with Gasteiger partial charge in [-0.15, -0.1) is 0 Å². The molecule has 7 heteroatoms. The first-order valence-electron chi connectivity index (χ1n) is 5.36. The number of halogens is 2. The van der Waals surface area contributed by atoms with E-state index in [2.05, 4.69) is 21.0 Å². The third-order valence-corrected chi connectivity index (χ3v) is 3.21. The maximum Gasteiger partial charge on any atom is 0.228 e. The maximum atomic E-state index is 13.7.